The number of allylic oxidation sites excluding steroid dienone is 1. The summed E-state index contributed by atoms with van der Waals surface area (Å²) >= 11 is 0. The van der Waals surface area contributed by atoms with Crippen LogP contribution in [0.5, 0.6) is 11.5 Å². The highest BCUT2D eigenvalue weighted by Gasteiger charge is 2.20. The number of aromatic nitrogens is 1. The van der Waals surface area contributed by atoms with Gasteiger partial charge in [-0.2, -0.15) is 0 Å². The van der Waals surface area contributed by atoms with Gasteiger partial charge in [0.2, 0.25) is 0 Å². The van der Waals surface area contributed by atoms with E-state index in [0.29, 0.717) is 37.0 Å². The van der Waals surface area contributed by atoms with Crippen LogP contribution in [0.15, 0.2) is 54.1 Å². The van der Waals surface area contributed by atoms with Gasteiger partial charge < -0.3 is 9.47 Å². The number of anilines is 1. The zero-order valence-corrected chi connectivity index (χ0v) is 13.9. The molecular formula is C17H18N2O4S. The highest BCUT2D eigenvalue weighted by atomic mass is 32.2. The van der Waals surface area contributed by atoms with Crippen molar-refractivity contribution in [2.45, 2.75) is 17.7 Å². The minimum atomic E-state index is -3.77. The average Bonchev–Trinajstić information content (AvgIpc) is 2.60. The molecule has 6 nitrogen and oxygen atoms in total. The maximum absolute atomic E-state index is 12.6. The molecule has 0 saturated heterocycles. The Labute approximate surface area is 141 Å². The average molecular weight is 346 g/mol. The summed E-state index contributed by atoms with van der Waals surface area (Å²) in [4.78, 5) is 4.25. The summed E-state index contributed by atoms with van der Waals surface area (Å²) in [6, 6.07) is 8.17. The van der Waals surface area contributed by atoms with Gasteiger partial charge in [0.15, 0.2) is 11.5 Å². The van der Waals surface area contributed by atoms with E-state index in [0.717, 1.165) is 12.0 Å². The Morgan fingerprint density at radius 1 is 1.21 bits per heavy atom. The second-order valence-electron chi connectivity index (χ2n) is 5.25. The molecule has 1 aromatic heterocycles. The number of rotatable bonds is 6. The maximum Gasteiger partial charge on any atom is 0.263 e. The molecule has 2 aromatic rings. The number of hydrogen-bond acceptors (Lipinski definition) is 5. The first-order valence-corrected chi connectivity index (χ1v) is 9.06. The van der Waals surface area contributed by atoms with Crippen molar-refractivity contribution in [3.05, 3.63) is 54.7 Å². The van der Waals surface area contributed by atoms with Crippen LogP contribution in [0.3, 0.4) is 0 Å². The van der Waals surface area contributed by atoms with Gasteiger partial charge >= 0.3 is 0 Å². The van der Waals surface area contributed by atoms with Crippen molar-refractivity contribution >= 4 is 15.8 Å². The van der Waals surface area contributed by atoms with Gasteiger partial charge in [0, 0.05) is 12.3 Å². The smallest absolute Gasteiger partial charge is 0.263 e. The Kier molecular flexibility index (Phi) is 4.71. The Hall–Kier alpha value is -2.54. The molecule has 24 heavy (non-hydrogen) atoms. The van der Waals surface area contributed by atoms with Crippen LogP contribution in [0.2, 0.25) is 0 Å². The minimum absolute atomic E-state index is 0.104. The van der Waals surface area contributed by atoms with Crippen molar-refractivity contribution < 1.29 is 17.9 Å². The molecule has 1 aliphatic rings. The molecule has 0 saturated carbocycles. The summed E-state index contributed by atoms with van der Waals surface area (Å²) < 4.78 is 38.7. The molecule has 126 valence electrons. The number of benzene rings is 1. The largest absolute Gasteiger partial charge is 0.486 e. The third kappa shape index (κ3) is 3.51. The molecule has 1 aromatic carbocycles. The number of ether oxygens (including phenoxy) is 2. The number of nitrogens with zero attached hydrogens (tertiary/aromatic N) is 1. The standard InChI is InChI=1S/C17H18N2O4S/c1-2-3-5-13-6-4-9-18-17(13)19-24(20,21)14-7-8-15-16(12-14)23-11-10-22-15/h2,4,6-9,12H,1,3,5,10-11H2,(H,18,19). The highest BCUT2D eigenvalue weighted by molar-refractivity contribution is 7.92. The monoisotopic (exact) mass is 346 g/mol. The van der Waals surface area contributed by atoms with Crippen LogP contribution in [0.4, 0.5) is 5.82 Å². The molecular weight excluding hydrogens is 328 g/mol. The number of pyridine rings is 1. The van der Waals surface area contributed by atoms with E-state index >= 15 is 0 Å². The number of fused-ring (bicyclic) bond motifs is 1. The van der Waals surface area contributed by atoms with Gasteiger partial charge in [0.1, 0.15) is 19.0 Å². The molecule has 0 bridgehead atoms. The number of nitrogens with one attached hydrogen (secondary N) is 1. The van der Waals surface area contributed by atoms with E-state index in [9.17, 15) is 8.42 Å². The predicted molar refractivity (Wildman–Crippen MR) is 91.0 cm³/mol. The predicted octanol–water partition coefficient (Wildman–Crippen LogP) is 2.77. The lowest BCUT2D eigenvalue weighted by Gasteiger charge is -2.19. The minimum Gasteiger partial charge on any atom is -0.486 e. The maximum atomic E-state index is 12.6. The van der Waals surface area contributed by atoms with Gasteiger partial charge in [-0.1, -0.05) is 12.1 Å². The Balaban J connectivity index is 1.88. The van der Waals surface area contributed by atoms with E-state index in [1.165, 1.54) is 12.1 Å². The molecule has 1 aliphatic heterocycles. The van der Waals surface area contributed by atoms with Crippen molar-refractivity contribution in [1.29, 1.82) is 0 Å². The first-order valence-electron chi connectivity index (χ1n) is 7.57. The summed E-state index contributed by atoms with van der Waals surface area (Å²) in [6.07, 6.45) is 4.74. The summed E-state index contributed by atoms with van der Waals surface area (Å²) in [7, 11) is -3.77. The number of aryl methyl sites for hydroxylation is 1. The lowest BCUT2D eigenvalue weighted by molar-refractivity contribution is 0.171. The SMILES string of the molecule is C=CCCc1cccnc1NS(=O)(=O)c1ccc2c(c1)OCCO2. The molecule has 0 atom stereocenters. The number of hydrogen-bond donors (Lipinski definition) is 1. The molecule has 0 fully saturated rings. The summed E-state index contributed by atoms with van der Waals surface area (Å²) in [6.45, 7) is 4.54. The summed E-state index contributed by atoms with van der Waals surface area (Å²) in [5, 5.41) is 0. The van der Waals surface area contributed by atoms with Gasteiger partial charge in [-0.3, -0.25) is 4.72 Å². The molecule has 3 rings (SSSR count). The fourth-order valence-electron chi connectivity index (χ4n) is 2.37. The third-order valence-electron chi connectivity index (χ3n) is 3.56. The highest BCUT2D eigenvalue weighted by Crippen LogP contribution is 2.32. The van der Waals surface area contributed by atoms with Crippen molar-refractivity contribution in [3.8, 4) is 11.5 Å². The van der Waals surface area contributed by atoms with Gasteiger partial charge in [0.25, 0.3) is 10.0 Å². The zero-order valence-electron chi connectivity index (χ0n) is 13.1. The zero-order chi connectivity index (χ0) is 17.0. The van der Waals surface area contributed by atoms with E-state index in [4.69, 9.17) is 9.47 Å². The molecule has 0 aliphatic carbocycles. The fraction of sp³-hybridized carbons (Fsp3) is 0.235. The van der Waals surface area contributed by atoms with Crippen molar-refractivity contribution in [2.24, 2.45) is 0 Å². The van der Waals surface area contributed by atoms with Crippen LogP contribution in [0.1, 0.15) is 12.0 Å². The quantitative estimate of drug-likeness (QED) is 0.814. The first kappa shape index (κ1) is 16.3. The van der Waals surface area contributed by atoms with Crippen LogP contribution < -0.4 is 14.2 Å². The fourth-order valence-corrected chi connectivity index (χ4v) is 3.43. The van der Waals surface area contributed by atoms with Gasteiger partial charge in [0.05, 0.1) is 4.90 Å². The van der Waals surface area contributed by atoms with E-state index in [2.05, 4.69) is 16.3 Å². The van der Waals surface area contributed by atoms with Crippen LogP contribution in [0, 0.1) is 0 Å². The Bertz CT molecular complexity index is 849. The molecule has 0 radical (unpaired) electrons. The molecule has 7 heteroatoms. The van der Waals surface area contributed by atoms with E-state index in [-0.39, 0.29) is 4.90 Å². The number of sulfonamides is 1. The third-order valence-corrected chi connectivity index (χ3v) is 4.90. The molecule has 0 unspecified atom stereocenters. The second-order valence-corrected chi connectivity index (χ2v) is 6.93. The molecule has 1 N–H and O–H groups in total. The lowest BCUT2D eigenvalue weighted by atomic mass is 10.1. The Morgan fingerprint density at radius 3 is 2.79 bits per heavy atom. The topological polar surface area (TPSA) is 77.5 Å². The van der Waals surface area contributed by atoms with E-state index in [1.807, 2.05) is 6.07 Å². The molecule has 0 amide bonds. The normalized spacial score (nSPS) is 13.3. The Morgan fingerprint density at radius 2 is 2.00 bits per heavy atom. The van der Waals surface area contributed by atoms with Crippen molar-refractivity contribution in [3.63, 3.8) is 0 Å². The summed E-state index contributed by atoms with van der Waals surface area (Å²) in [5.74, 6) is 1.30. The molecule has 0 spiro atoms. The molecule has 2 heterocycles. The van der Waals surface area contributed by atoms with E-state index in [1.54, 1.807) is 24.4 Å². The van der Waals surface area contributed by atoms with Crippen molar-refractivity contribution in [1.82, 2.24) is 4.98 Å². The lowest BCUT2D eigenvalue weighted by Crippen LogP contribution is -2.18. The van der Waals surface area contributed by atoms with Crippen LogP contribution >= 0.6 is 0 Å². The van der Waals surface area contributed by atoms with E-state index < -0.39 is 10.0 Å². The van der Waals surface area contributed by atoms with Crippen LogP contribution in [-0.2, 0) is 16.4 Å². The van der Waals surface area contributed by atoms with Gasteiger partial charge in [-0.15, -0.1) is 6.58 Å². The van der Waals surface area contributed by atoms with Crippen LogP contribution in [-0.4, -0.2) is 26.6 Å². The van der Waals surface area contributed by atoms with Crippen molar-refractivity contribution in [2.75, 3.05) is 17.9 Å². The van der Waals surface area contributed by atoms with Gasteiger partial charge in [-0.05, 0) is 36.6 Å². The van der Waals surface area contributed by atoms with Gasteiger partial charge in [-0.25, -0.2) is 13.4 Å². The van der Waals surface area contributed by atoms with Crippen LogP contribution in [0.25, 0.3) is 0 Å². The first-order chi connectivity index (χ1) is 11.6. The second kappa shape index (κ2) is 6.92. The summed E-state index contributed by atoms with van der Waals surface area (Å²) in [5.41, 5.74) is 0.818.